The molecule has 0 aliphatic carbocycles. The van der Waals surface area contributed by atoms with E-state index in [0.717, 1.165) is 25.1 Å². The summed E-state index contributed by atoms with van der Waals surface area (Å²) in [6, 6.07) is 4.72. The summed E-state index contributed by atoms with van der Waals surface area (Å²) in [5, 5.41) is 0.430. The molecule has 0 fully saturated rings. The van der Waals surface area contributed by atoms with Crippen LogP contribution in [0.15, 0.2) is 23.2 Å². The highest BCUT2D eigenvalue weighted by Crippen LogP contribution is 2.19. The molecule has 68 valence electrons. The number of nitrogens with zero attached hydrogens (tertiary/aromatic N) is 1. The van der Waals surface area contributed by atoms with Gasteiger partial charge in [-0.05, 0) is 31.0 Å². The Hall–Kier alpha value is -0.890. The Kier molecular flexibility index (Phi) is 2.32. The largest absolute Gasteiger partial charge is 0.289 e. The highest BCUT2D eigenvalue weighted by atomic mass is 35.5. The molecule has 0 aromatic heterocycles. The topological polar surface area (TPSA) is 12.4 Å². The summed E-state index contributed by atoms with van der Waals surface area (Å²) in [5.74, 6) is -0.270. The molecule has 0 bridgehead atoms. The van der Waals surface area contributed by atoms with E-state index < -0.39 is 0 Å². The predicted molar refractivity (Wildman–Crippen MR) is 52.0 cm³/mol. The van der Waals surface area contributed by atoms with Gasteiger partial charge in [-0.25, -0.2) is 4.39 Å². The Labute approximate surface area is 81.2 Å². The van der Waals surface area contributed by atoms with E-state index in [-0.39, 0.29) is 5.82 Å². The van der Waals surface area contributed by atoms with Crippen molar-refractivity contribution in [1.82, 2.24) is 0 Å². The van der Waals surface area contributed by atoms with E-state index in [9.17, 15) is 4.39 Å². The fraction of sp³-hybridized carbons (Fsp3) is 0.300. The van der Waals surface area contributed by atoms with Gasteiger partial charge in [0.15, 0.2) is 0 Å². The molecular formula is C10H9ClFN. The predicted octanol–water partition coefficient (Wildman–Crippen LogP) is 3.06. The molecule has 2 rings (SSSR count). The van der Waals surface area contributed by atoms with Crippen LogP contribution in [0.2, 0.25) is 5.02 Å². The second kappa shape index (κ2) is 3.46. The molecule has 0 spiro atoms. The van der Waals surface area contributed by atoms with Gasteiger partial charge in [-0.2, -0.15) is 0 Å². The Bertz CT molecular complexity index is 360. The van der Waals surface area contributed by atoms with Crippen molar-refractivity contribution in [3.63, 3.8) is 0 Å². The molecule has 0 amide bonds. The van der Waals surface area contributed by atoms with Crippen molar-refractivity contribution in [2.24, 2.45) is 4.99 Å². The van der Waals surface area contributed by atoms with E-state index in [1.54, 1.807) is 12.1 Å². The molecular weight excluding hydrogens is 189 g/mol. The van der Waals surface area contributed by atoms with E-state index in [1.807, 2.05) is 0 Å². The zero-order valence-corrected chi connectivity index (χ0v) is 7.81. The van der Waals surface area contributed by atoms with Crippen molar-refractivity contribution < 1.29 is 4.39 Å². The third kappa shape index (κ3) is 1.73. The van der Waals surface area contributed by atoms with Crippen LogP contribution in [-0.2, 0) is 0 Å². The molecule has 1 aliphatic rings. The summed E-state index contributed by atoms with van der Waals surface area (Å²) in [4.78, 5) is 4.23. The van der Waals surface area contributed by atoms with Crippen LogP contribution in [0.4, 0.5) is 4.39 Å². The first-order chi connectivity index (χ1) is 6.27. The first kappa shape index (κ1) is 8.70. The van der Waals surface area contributed by atoms with Crippen LogP contribution in [0.1, 0.15) is 18.4 Å². The van der Waals surface area contributed by atoms with Crippen LogP contribution < -0.4 is 0 Å². The summed E-state index contributed by atoms with van der Waals surface area (Å²) in [5.41, 5.74) is 1.47. The third-order valence-corrected chi connectivity index (χ3v) is 2.35. The quantitative estimate of drug-likeness (QED) is 0.656. The molecule has 1 aliphatic heterocycles. The van der Waals surface area contributed by atoms with Crippen LogP contribution in [0.3, 0.4) is 0 Å². The summed E-state index contributed by atoms with van der Waals surface area (Å²) in [6.07, 6.45) is 1.90. The fourth-order valence-electron chi connectivity index (χ4n) is 1.48. The standard InChI is InChI=1S/C10H9ClFN/c11-7-3-4-8(9(12)6-7)10-2-1-5-13-10/h3-4,6H,1-2,5H2. The smallest absolute Gasteiger partial charge is 0.133 e. The first-order valence-electron chi connectivity index (χ1n) is 4.26. The second-order valence-electron chi connectivity index (χ2n) is 3.06. The minimum atomic E-state index is -0.270. The molecule has 0 unspecified atom stereocenters. The lowest BCUT2D eigenvalue weighted by Gasteiger charge is -2.02. The van der Waals surface area contributed by atoms with Crippen molar-refractivity contribution >= 4 is 17.3 Å². The Morgan fingerprint density at radius 1 is 1.38 bits per heavy atom. The van der Waals surface area contributed by atoms with Gasteiger partial charge in [-0.3, -0.25) is 4.99 Å². The molecule has 0 saturated carbocycles. The molecule has 1 aromatic rings. The summed E-state index contributed by atoms with van der Waals surface area (Å²) in [6.45, 7) is 0.817. The molecule has 0 saturated heterocycles. The Morgan fingerprint density at radius 3 is 2.85 bits per heavy atom. The molecule has 3 heteroatoms. The number of aliphatic imine (C=N–C) groups is 1. The van der Waals surface area contributed by atoms with Crippen LogP contribution in [0, 0.1) is 5.82 Å². The Morgan fingerprint density at radius 2 is 2.23 bits per heavy atom. The molecule has 0 N–H and O–H groups in total. The van der Waals surface area contributed by atoms with Crippen LogP contribution in [0.25, 0.3) is 0 Å². The van der Waals surface area contributed by atoms with Crippen LogP contribution in [-0.4, -0.2) is 12.3 Å². The molecule has 0 radical (unpaired) electrons. The maximum atomic E-state index is 13.3. The van der Waals surface area contributed by atoms with Gasteiger partial charge < -0.3 is 0 Å². The van der Waals surface area contributed by atoms with Crippen molar-refractivity contribution in [2.45, 2.75) is 12.8 Å². The van der Waals surface area contributed by atoms with Gasteiger partial charge >= 0.3 is 0 Å². The normalized spacial score (nSPS) is 16.0. The highest BCUT2D eigenvalue weighted by Gasteiger charge is 2.12. The van der Waals surface area contributed by atoms with E-state index in [1.165, 1.54) is 6.07 Å². The summed E-state index contributed by atoms with van der Waals surface area (Å²) >= 11 is 5.64. The van der Waals surface area contributed by atoms with Gasteiger partial charge in [0.05, 0.1) is 0 Å². The zero-order valence-electron chi connectivity index (χ0n) is 7.06. The van der Waals surface area contributed by atoms with E-state index >= 15 is 0 Å². The average molecular weight is 198 g/mol. The van der Waals surface area contributed by atoms with Crippen LogP contribution >= 0.6 is 11.6 Å². The molecule has 13 heavy (non-hydrogen) atoms. The van der Waals surface area contributed by atoms with Gasteiger partial charge in [0.1, 0.15) is 5.82 Å². The van der Waals surface area contributed by atoms with Crippen LogP contribution in [0.5, 0.6) is 0 Å². The second-order valence-corrected chi connectivity index (χ2v) is 3.49. The molecule has 1 aromatic carbocycles. The minimum absolute atomic E-state index is 0.270. The maximum Gasteiger partial charge on any atom is 0.133 e. The van der Waals surface area contributed by atoms with Gasteiger partial charge in [0.2, 0.25) is 0 Å². The zero-order chi connectivity index (χ0) is 9.26. The minimum Gasteiger partial charge on any atom is -0.289 e. The van der Waals surface area contributed by atoms with Crippen molar-refractivity contribution in [2.75, 3.05) is 6.54 Å². The fourth-order valence-corrected chi connectivity index (χ4v) is 1.64. The van der Waals surface area contributed by atoms with Crippen molar-refractivity contribution in [3.05, 3.63) is 34.6 Å². The summed E-state index contributed by atoms with van der Waals surface area (Å²) < 4.78 is 13.3. The lowest BCUT2D eigenvalue weighted by Crippen LogP contribution is -1.99. The number of hydrogen-bond donors (Lipinski definition) is 0. The number of benzene rings is 1. The number of rotatable bonds is 1. The maximum absolute atomic E-state index is 13.3. The monoisotopic (exact) mass is 197 g/mol. The Balaban J connectivity index is 2.40. The lowest BCUT2D eigenvalue weighted by atomic mass is 10.1. The number of hydrogen-bond acceptors (Lipinski definition) is 1. The molecule has 1 nitrogen and oxygen atoms in total. The van der Waals surface area contributed by atoms with Crippen molar-refractivity contribution in [3.8, 4) is 0 Å². The van der Waals surface area contributed by atoms with Crippen molar-refractivity contribution in [1.29, 1.82) is 0 Å². The molecule has 1 heterocycles. The molecule has 0 atom stereocenters. The average Bonchev–Trinajstić information content (AvgIpc) is 2.56. The third-order valence-electron chi connectivity index (χ3n) is 2.12. The lowest BCUT2D eigenvalue weighted by molar-refractivity contribution is 0.625. The number of halogens is 2. The SMILES string of the molecule is Fc1cc(Cl)ccc1C1=NCCC1. The van der Waals surface area contributed by atoms with E-state index in [4.69, 9.17) is 11.6 Å². The van der Waals surface area contributed by atoms with Gasteiger partial charge in [0.25, 0.3) is 0 Å². The van der Waals surface area contributed by atoms with E-state index in [0.29, 0.717) is 10.6 Å². The van der Waals surface area contributed by atoms with Gasteiger partial charge in [-0.15, -0.1) is 0 Å². The van der Waals surface area contributed by atoms with E-state index in [2.05, 4.69) is 4.99 Å². The van der Waals surface area contributed by atoms with Gasteiger partial charge in [-0.1, -0.05) is 11.6 Å². The van der Waals surface area contributed by atoms with Gasteiger partial charge in [0, 0.05) is 22.8 Å². The first-order valence-corrected chi connectivity index (χ1v) is 4.64. The highest BCUT2D eigenvalue weighted by molar-refractivity contribution is 6.30. The summed E-state index contributed by atoms with van der Waals surface area (Å²) in [7, 11) is 0.